The van der Waals surface area contributed by atoms with Crippen molar-refractivity contribution in [3.8, 4) is 17.2 Å². The van der Waals surface area contributed by atoms with E-state index in [2.05, 4.69) is 5.32 Å². The third-order valence-corrected chi connectivity index (χ3v) is 5.14. The Balaban J connectivity index is 2.19. The molecule has 0 heterocycles. The molecule has 2 amide bonds. The smallest absolute Gasteiger partial charge is 0.261 e. The van der Waals surface area contributed by atoms with Crippen LogP contribution in [0.1, 0.15) is 31.9 Å². The lowest BCUT2D eigenvalue weighted by molar-refractivity contribution is -0.142. The molecule has 2 aromatic carbocycles. The van der Waals surface area contributed by atoms with Crippen molar-refractivity contribution in [3.05, 3.63) is 53.6 Å². The summed E-state index contributed by atoms with van der Waals surface area (Å²) in [4.78, 5) is 27.5. The molecule has 0 bridgehead atoms. The fraction of sp³-hybridized carbons (Fsp3) is 0.440. The van der Waals surface area contributed by atoms with Gasteiger partial charge in [0.2, 0.25) is 5.91 Å². The van der Waals surface area contributed by atoms with E-state index in [-0.39, 0.29) is 18.4 Å². The van der Waals surface area contributed by atoms with Gasteiger partial charge < -0.3 is 24.4 Å². The lowest BCUT2D eigenvalue weighted by atomic mass is 10.1. The van der Waals surface area contributed by atoms with Gasteiger partial charge in [-0.25, -0.2) is 0 Å². The number of amides is 2. The number of ether oxygens (including phenoxy) is 3. The second-order valence-corrected chi connectivity index (χ2v) is 8.10. The zero-order chi connectivity index (χ0) is 23.7. The minimum atomic E-state index is -0.649. The summed E-state index contributed by atoms with van der Waals surface area (Å²) in [5.41, 5.74) is 2.03. The van der Waals surface area contributed by atoms with Gasteiger partial charge in [-0.15, -0.1) is 0 Å². The molecule has 7 heteroatoms. The lowest BCUT2D eigenvalue weighted by Crippen LogP contribution is -2.49. The average Bonchev–Trinajstić information content (AvgIpc) is 2.79. The minimum absolute atomic E-state index is 0.191. The van der Waals surface area contributed by atoms with E-state index >= 15 is 0 Å². The molecule has 174 valence electrons. The maximum atomic E-state index is 13.2. The topological polar surface area (TPSA) is 77.1 Å². The van der Waals surface area contributed by atoms with Gasteiger partial charge in [0.05, 0.1) is 14.2 Å². The van der Waals surface area contributed by atoms with Crippen molar-refractivity contribution in [2.45, 2.75) is 40.3 Å². The highest BCUT2D eigenvalue weighted by Gasteiger charge is 2.27. The van der Waals surface area contributed by atoms with Crippen LogP contribution in [-0.2, 0) is 16.1 Å². The number of benzene rings is 2. The van der Waals surface area contributed by atoms with Gasteiger partial charge in [0, 0.05) is 31.3 Å². The molecular weight excluding hydrogens is 408 g/mol. The lowest BCUT2D eigenvalue weighted by Gasteiger charge is -2.29. The molecule has 0 spiro atoms. The zero-order valence-electron chi connectivity index (χ0n) is 19.8. The Morgan fingerprint density at radius 3 is 2.12 bits per heavy atom. The van der Waals surface area contributed by atoms with Crippen molar-refractivity contribution >= 4 is 11.8 Å². The number of nitrogens with one attached hydrogen (secondary N) is 1. The van der Waals surface area contributed by atoms with E-state index in [0.717, 1.165) is 11.1 Å². The maximum Gasteiger partial charge on any atom is 0.261 e. The molecule has 2 rings (SSSR count). The van der Waals surface area contributed by atoms with E-state index in [9.17, 15) is 9.59 Å². The normalized spacial score (nSPS) is 11.6. The van der Waals surface area contributed by atoms with E-state index in [1.54, 1.807) is 44.2 Å². The molecule has 0 saturated heterocycles. The second-order valence-electron chi connectivity index (χ2n) is 8.10. The fourth-order valence-corrected chi connectivity index (χ4v) is 3.10. The summed E-state index contributed by atoms with van der Waals surface area (Å²) >= 11 is 0. The third-order valence-electron chi connectivity index (χ3n) is 5.14. The van der Waals surface area contributed by atoms with Crippen LogP contribution in [0, 0.1) is 12.8 Å². The number of methoxy groups -OCH3 is 2. The van der Waals surface area contributed by atoms with Gasteiger partial charge in [0.25, 0.3) is 5.91 Å². The molecule has 0 aliphatic heterocycles. The van der Waals surface area contributed by atoms with Crippen molar-refractivity contribution in [3.63, 3.8) is 0 Å². The van der Waals surface area contributed by atoms with Gasteiger partial charge in [-0.3, -0.25) is 9.59 Å². The number of hydrogen-bond donors (Lipinski definition) is 1. The first-order chi connectivity index (χ1) is 15.2. The molecule has 0 aromatic heterocycles. The van der Waals surface area contributed by atoms with Crippen LogP contribution in [0.25, 0.3) is 0 Å². The minimum Gasteiger partial charge on any atom is -0.496 e. The molecule has 0 aliphatic carbocycles. The molecule has 0 fully saturated rings. The monoisotopic (exact) mass is 442 g/mol. The van der Waals surface area contributed by atoms with Crippen LogP contribution in [0.15, 0.2) is 42.5 Å². The Bertz CT molecular complexity index is 891. The van der Waals surface area contributed by atoms with Crippen LogP contribution in [0.5, 0.6) is 17.2 Å². The third kappa shape index (κ3) is 7.18. The largest absolute Gasteiger partial charge is 0.496 e. The van der Waals surface area contributed by atoms with Gasteiger partial charge in [-0.05, 0) is 30.9 Å². The Kier molecular flexibility index (Phi) is 9.38. The van der Waals surface area contributed by atoms with Crippen molar-refractivity contribution in [2.24, 2.45) is 5.92 Å². The number of aryl methyl sites for hydroxylation is 1. The Morgan fingerprint density at radius 1 is 0.969 bits per heavy atom. The summed E-state index contributed by atoms with van der Waals surface area (Å²) in [6.45, 7) is 8.42. The van der Waals surface area contributed by atoms with Crippen LogP contribution in [0.4, 0.5) is 0 Å². The van der Waals surface area contributed by atoms with Crippen molar-refractivity contribution < 1.29 is 23.8 Å². The first-order valence-electron chi connectivity index (χ1n) is 10.7. The van der Waals surface area contributed by atoms with Crippen molar-refractivity contribution in [1.82, 2.24) is 10.2 Å². The number of rotatable bonds is 11. The molecule has 1 unspecified atom stereocenters. The molecule has 2 aromatic rings. The van der Waals surface area contributed by atoms with Crippen molar-refractivity contribution in [1.29, 1.82) is 0 Å². The van der Waals surface area contributed by atoms with Crippen molar-refractivity contribution in [2.75, 3.05) is 27.4 Å². The predicted molar refractivity (Wildman–Crippen MR) is 124 cm³/mol. The van der Waals surface area contributed by atoms with Crippen LogP contribution in [0.3, 0.4) is 0 Å². The zero-order valence-corrected chi connectivity index (χ0v) is 19.8. The number of hydrogen-bond acceptors (Lipinski definition) is 5. The molecule has 7 nitrogen and oxygen atoms in total. The Labute approximate surface area is 190 Å². The van der Waals surface area contributed by atoms with Gasteiger partial charge in [-0.2, -0.15) is 0 Å². The van der Waals surface area contributed by atoms with E-state index in [0.29, 0.717) is 36.3 Å². The first-order valence-corrected chi connectivity index (χ1v) is 10.7. The molecule has 1 N–H and O–H groups in total. The molecule has 0 radical (unpaired) electrons. The van der Waals surface area contributed by atoms with E-state index < -0.39 is 6.04 Å². The molecule has 0 aliphatic rings. The molecular formula is C25H34N2O5. The second kappa shape index (κ2) is 12.0. The van der Waals surface area contributed by atoms with E-state index in [1.165, 1.54) is 0 Å². The number of carbonyl (C=O) groups excluding carboxylic acids is 2. The van der Waals surface area contributed by atoms with E-state index in [4.69, 9.17) is 14.2 Å². The number of nitrogens with zero attached hydrogens (tertiary/aromatic N) is 1. The Morgan fingerprint density at radius 2 is 1.56 bits per heavy atom. The van der Waals surface area contributed by atoms with E-state index in [1.807, 2.05) is 45.0 Å². The van der Waals surface area contributed by atoms with Gasteiger partial charge in [0.1, 0.15) is 23.3 Å². The quantitative estimate of drug-likeness (QED) is 0.576. The van der Waals surface area contributed by atoms with Crippen LogP contribution < -0.4 is 19.5 Å². The summed E-state index contributed by atoms with van der Waals surface area (Å²) in [5.74, 6) is 1.40. The van der Waals surface area contributed by atoms with Gasteiger partial charge in [-0.1, -0.05) is 38.1 Å². The summed E-state index contributed by atoms with van der Waals surface area (Å²) < 4.78 is 16.2. The summed E-state index contributed by atoms with van der Waals surface area (Å²) in [7, 11) is 3.09. The molecule has 32 heavy (non-hydrogen) atoms. The summed E-state index contributed by atoms with van der Waals surface area (Å²) in [6, 6.07) is 12.3. The number of carbonyl (C=O) groups is 2. The van der Waals surface area contributed by atoms with Crippen LogP contribution in [-0.4, -0.2) is 50.1 Å². The standard InChI is InChI=1S/C25H34N2O5/c1-17(2)14-26-25(29)19(4)27(15-20-10-8-7-9-18(20)3)24(28)16-32-23-12-21(30-5)11-22(13-23)31-6/h7-13,17,19H,14-16H2,1-6H3,(H,26,29). The summed E-state index contributed by atoms with van der Waals surface area (Å²) in [5, 5.41) is 2.91. The Hall–Kier alpha value is -3.22. The average molecular weight is 443 g/mol. The highest BCUT2D eigenvalue weighted by atomic mass is 16.5. The highest BCUT2D eigenvalue weighted by molar-refractivity contribution is 5.88. The molecule has 1 atom stereocenters. The highest BCUT2D eigenvalue weighted by Crippen LogP contribution is 2.27. The maximum absolute atomic E-state index is 13.2. The summed E-state index contributed by atoms with van der Waals surface area (Å²) in [6.07, 6.45) is 0. The van der Waals surface area contributed by atoms with Gasteiger partial charge in [0.15, 0.2) is 6.61 Å². The van der Waals surface area contributed by atoms with Gasteiger partial charge >= 0.3 is 0 Å². The first kappa shape index (κ1) is 25.0. The predicted octanol–water partition coefficient (Wildman–Crippen LogP) is 3.58. The molecule has 0 saturated carbocycles. The van der Waals surface area contributed by atoms with Crippen LogP contribution in [0.2, 0.25) is 0 Å². The fourth-order valence-electron chi connectivity index (χ4n) is 3.10. The SMILES string of the molecule is COc1cc(OC)cc(OCC(=O)N(Cc2ccccc2C)C(C)C(=O)NCC(C)C)c1. The van der Waals surface area contributed by atoms with Crippen LogP contribution >= 0.6 is 0 Å².